The number of benzene rings is 1. The van der Waals surface area contributed by atoms with Crippen molar-refractivity contribution in [1.82, 2.24) is 4.90 Å². The molecule has 0 N–H and O–H groups in total. The van der Waals surface area contributed by atoms with Crippen molar-refractivity contribution in [3.05, 3.63) is 29.1 Å². The summed E-state index contributed by atoms with van der Waals surface area (Å²) in [5.74, 6) is -0.335. The van der Waals surface area contributed by atoms with Gasteiger partial charge in [-0.2, -0.15) is 0 Å². The fourth-order valence-corrected chi connectivity index (χ4v) is 3.35. The summed E-state index contributed by atoms with van der Waals surface area (Å²) < 4.78 is 32.3. The van der Waals surface area contributed by atoms with E-state index in [4.69, 9.17) is 14.0 Å². The third-order valence-corrected chi connectivity index (χ3v) is 5.53. The summed E-state index contributed by atoms with van der Waals surface area (Å²) in [4.78, 5) is 14.0. The van der Waals surface area contributed by atoms with Gasteiger partial charge < -0.3 is 18.9 Å². The van der Waals surface area contributed by atoms with Crippen LogP contribution in [-0.4, -0.2) is 41.5 Å². The molecule has 3 rings (SSSR count). The first-order valence-electron chi connectivity index (χ1n) is 9.44. The van der Waals surface area contributed by atoms with Crippen LogP contribution in [0.4, 0.5) is 9.18 Å². The summed E-state index contributed by atoms with van der Waals surface area (Å²) in [7, 11) is -0.752. The molecule has 0 atom stereocenters. The quantitative estimate of drug-likeness (QED) is 0.704. The van der Waals surface area contributed by atoms with Gasteiger partial charge >= 0.3 is 13.2 Å². The monoisotopic (exact) mass is 377 g/mol. The van der Waals surface area contributed by atoms with Gasteiger partial charge in [-0.25, -0.2) is 9.18 Å². The molecule has 0 radical (unpaired) electrons. The van der Waals surface area contributed by atoms with Crippen molar-refractivity contribution in [3.63, 3.8) is 0 Å². The number of ether oxygens (including phenoxy) is 1. The number of carbonyl (C=O) groups is 1. The van der Waals surface area contributed by atoms with E-state index in [2.05, 4.69) is 0 Å². The molecule has 2 aliphatic heterocycles. The predicted octanol–water partition coefficient (Wildman–Crippen LogP) is 3.42. The maximum absolute atomic E-state index is 14.7. The zero-order valence-corrected chi connectivity index (χ0v) is 17.3. The van der Waals surface area contributed by atoms with Crippen molar-refractivity contribution in [1.29, 1.82) is 0 Å². The van der Waals surface area contributed by atoms with Crippen molar-refractivity contribution < 1.29 is 23.2 Å². The van der Waals surface area contributed by atoms with Gasteiger partial charge in [-0.1, -0.05) is 6.07 Å². The molecule has 0 saturated carbocycles. The molecule has 2 aliphatic rings. The predicted molar refractivity (Wildman–Crippen MR) is 102 cm³/mol. The summed E-state index contributed by atoms with van der Waals surface area (Å²) >= 11 is 0. The van der Waals surface area contributed by atoms with Crippen LogP contribution in [0, 0.1) is 5.82 Å². The minimum atomic E-state index is -0.752. The van der Waals surface area contributed by atoms with Gasteiger partial charge in [-0.3, -0.25) is 0 Å². The molecule has 1 aromatic carbocycles. The van der Waals surface area contributed by atoms with Crippen LogP contribution in [0.5, 0.6) is 0 Å². The first-order valence-corrected chi connectivity index (χ1v) is 9.44. The maximum Gasteiger partial charge on any atom is 0.498 e. The molecule has 148 valence electrons. The zero-order valence-electron chi connectivity index (χ0n) is 17.3. The standard InChI is InChI=1S/C20H29BFNO4/c1-18(2,3)25-17(24)23-11-10-14-13(12-23)8-9-15(22)16(14)21-26-19(4,5)20(6,7)27-21/h8-9H,10-12H2,1-7H3. The Hall–Kier alpha value is -1.60. The van der Waals surface area contributed by atoms with E-state index in [9.17, 15) is 9.18 Å². The first kappa shape index (κ1) is 20.1. The highest BCUT2D eigenvalue weighted by Gasteiger charge is 2.53. The van der Waals surface area contributed by atoms with Crippen LogP contribution in [0.15, 0.2) is 12.1 Å². The van der Waals surface area contributed by atoms with E-state index in [1.807, 2.05) is 48.5 Å². The van der Waals surface area contributed by atoms with E-state index in [0.29, 0.717) is 25.0 Å². The SMILES string of the molecule is CC(C)(C)OC(=O)N1CCc2c(ccc(F)c2B2OC(C)(C)C(C)(C)O2)C1. The molecule has 0 aliphatic carbocycles. The fourth-order valence-electron chi connectivity index (χ4n) is 3.35. The summed E-state index contributed by atoms with van der Waals surface area (Å²) in [6, 6.07) is 3.16. The number of hydrogen-bond donors (Lipinski definition) is 0. The van der Waals surface area contributed by atoms with Crippen LogP contribution in [0.1, 0.15) is 59.6 Å². The molecule has 2 heterocycles. The second-order valence-corrected chi connectivity index (χ2v) is 9.34. The van der Waals surface area contributed by atoms with Crippen LogP contribution in [0.25, 0.3) is 0 Å². The minimum Gasteiger partial charge on any atom is -0.444 e. The number of rotatable bonds is 1. The molecule has 1 amide bonds. The molecule has 5 nitrogen and oxygen atoms in total. The van der Waals surface area contributed by atoms with Crippen molar-refractivity contribution in [2.24, 2.45) is 0 Å². The molecule has 1 saturated heterocycles. The average molecular weight is 377 g/mol. The molecule has 0 bridgehead atoms. The number of fused-ring (bicyclic) bond motifs is 1. The second kappa shape index (κ2) is 6.48. The average Bonchev–Trinajstić information content (AvgIpc) is 2.72. The van der Waals surface area contributed by atoms with E-state index in [0.717, 1.165) is 11.1 Å². The molecule has 7 heteroatoms. The highest BCUT2D eigenvalue weighted by Crippen LogP contribution is 2.37. The number of carbonyl (C=O) groups excluding carboxylic acids is 1. The van der Waals surface area contributed by atoms with E-state index in [-0.39, 0.29) is 11.9 Å². The Morgan fingerprint density at radius 1 is 1.19 bits per heavy atom. The third kappa shape index (κ3) is 3.85. The summed E-state index contributed by atoms with van der Waals surface area (Å²) in [6.07, 6.45) is 0.181. The van der Waals surface area contributed by atoms with Crippen LogP contribution in [-0.2, 0) is 27.0 Å². The number of nitrogens with zero attached hydrogens (tertiary/aromatic N) is 1. The van der Waals surface area contributed by atoms with E-state index in [1.165, 1.54) is 6.07 Å². The minimum absolute atomic E-state index is 0.335. The van der Waals surface area contributed by atoms with E-state index >= 15 is 0 Å². The van der Waals surface area contributed by atoms with E-state index < -0.39 is 23.9 Å². The lowest BCUT2D eigenvalue weighted by molar-refractivity contribution is 0.00578. The van der Waals surface area contributed by atoms with Crippen molar-refractivity contribution in [2.45, 2.75) is 78.2 Å². The fraction of sp³-hybridized carbons (Fsp3) is 0.650. The van der Waals surface area contributed by atoms with Gasteiger partial charge in [-0.05, 0) is 72.1 Å². The summed E-state index contributed by atoms with van der Waals surface area (Å²) in [5.41, 5.74) is 0.601. The highest BCUT2D eigenvalue weighted by molar-refractivity contribution is 6.62. The number of halogens is 1. The second-order valence-electron chi connectivity index (χ2n) is 9.34. The van der Waals surface area contributed by atoms with Crippen molar-refractivity contribution in [3.8, 4) is 0 Å². The van der Waals surface area contributed by atoms with Crippen LogP contribution in [0.3, 0.4) is 0 Å². The number of amides is 1. The maximum atomic E-state index is 14.7. The molecular formula is C20H29BFNO4. The normalized spacial score (nSPS) is 21.2. The van der Waals surface area contributed by atoms with Gasteiger partial charge in [0.15, 0.2) is 0 Å². The Balaban J connectivity index is 1.87. The molecular weight excluding hydrogens is 348 g/mol. The Morgan fingerprint density at radius 2 is 1.78 bits per heavy atom. The summed E-state index contributed by atoms with van der Waals surface area (Å²) in [6.45, 7) is 14.2. The first-order chi connectivity index (χ1) is 12.3. The third-order valence-electron chi connectivity index (χ3n) is 5.53. The van der Waals surface area contributed by atoms with Gasteiger partial charge in [0.1, 0.15) is 11.4 Å². The lowest BCUT2D eigenvalue weighted by atomic mass is 9.72. The van der Waals surface area contributed by atoms with Crippen LogP contribution in [0.2, 0.25) is 0 Å². The Morgan fingerprint density at radius 3 is 2.33 bits per heavy atom. The molecule has 0 spiro atoms. The molecule has 27 heavy (non-hydrogen) atoms. The largest absolute Gasteiger partial charge is 0.498 e. The lowest BCUT2D eigenvalue weighted by Crippen LogP contribution is -2.45. The van der Waals surface area contributed by atoms with Crippen LogP contribution >= 0.6 is 0 Å². The number of hydrogen-bond acceptors (Lipinski definition) is 4. The van der Waals surface area contributed by atoms with E-state index in [1.54, 1.807) is 11.0 Å². The summed E-state index contributed by atoms with van der Waals surface area (Å²) in [5, 5.41) is 0. The molecule has 0 aromatic heterocycles. The van der Waals surface area contributed by atoms with Gasteiger partial charge in [0, 0.05) is 18.6 Å². The lowest BCUT2D eigenvalue weighted by Gasteiger charge is -2.32. The van der Waals surface area contributed by atoms with Gasteiger partial charge in [0.05, 0.1) is 11.2 Å². The molecule has 1 aromatic rings. The van der Waals surface area contributed by atoms with Crippen molar-refractivity contribution in [2.75, 3.05) is 6.54 Å². The zero-order chi connectivity index (χ0) is 20.2. The van der Waals surface area contributed by atoms with Crippen LogP contribution < -0.4 is 5.46 Å². The highest BCUT2D eigenvalue weighted by atomic mass is 19.1. The smallest absolute Gasteiger partial charge is 0.444 e. The Bertz CT molecular complexity index is 741. The Labute approximate surface area is 161 Å². The Kier molecular flexibility index (Phi) is 4.84. The van der Waals surface area contributed by atoms with Crippen molar-refractivity contribution >= 4 is 18.7 Å². The topological polar surface area (TPSA) is 48.0 Å². The van der Waals surface area contributed by atoms with Gasteiger partial charge in [0.25, 0.3) is 0 Å². The van der Waals surface area contributed by atoms with Gasteiger partial charge in [-0.15, -0.1) is 0 Å². The molecule has 0 unspecified atom stereocenters. The van der Waals surface area contributed by atoms with Gasteiger partial charge in [0.2, 0.25) is 0 Å². The molecule has 1 fully saturated rings.